The van der Waals surface area contributed by atoms with Gasteiger partial charge in [0.15, 0.2) is 0 Å². The van der Waals surface area contributed by atoms with E-state index >= 15 is 0 Å². The van der Waals surface area contributed by atoms with E-state index in [1.807, 2.05) is 13.8 Å². The maximum absolute atomic E-state index is 13.1. The zero-order valence-corrected chi connectivity index (χ0v) is 14.7. The van der Waals surface area contributed by atoms with Crippen molar-refractivity contribution in [1.82, 2.24) is 9.62 Å². The van der Waals surface area contributed by atoms with Crippen molar-refractivity contribution in [3.8, 4) is 0 Å². The fourth-order valence-electron chi connectivity index (χ4n) is 2.54. The first-order chi connectivity index (χ1) is 11.2. The fourth-order valence-corrected chi connectivity index (χ4v) is 3.70. The van der Waals surface area contributed by atoms with E-state index in [9.17, 15) is 17.6 Å². The van der Waals surface area contributed by atoms with Crippen LogP contribution in [0.1, 0.15) is 19.4 Å². The summed E-state index contributed by atoms with van der Waals surface area (Å²) in [6.07, 6.45) is -0.385. The van der Waals surface area contributed by atoms with Crippen molar-refractivity contribution in [2.75, 3.05) is 26.2 Å². The van der Waals surface area contributed by atoms with Crippen LogP contribution < -0.4 is 4.72 Å². The van der Waals surface area contributed by atoms with Crippen LogP contribution in [-0.2, 0) is 25.3 Å². The van der Waals surface area contributed by atoms with E-state index in [0.29, 0.717) is 24.6 Å². The van der Waals surface area contributed by atoms with E-state index in [-0.39, 0.29) is 30.9 Å². The average molecular weight is 358 g/mol. The minimum absolute atomic E-state index is 0.0387. The van der Waals surface area contributed by atoms with Gasteiger partial charge in [-0.15, -0.1) is 0 Å². The Kier molecular flexibility index (Phi) is 6.31. The first kappa shape index (κ1) is 18.8. The molecule has 8 heteroatoms. The van der Waals surface area contributed by atoms with Crippen molar-refractivity contribution in [2.24, 2.45) is 5.92 Å². The van der Waals surface area contributed by atoms with Gasteiger partial charge < -0.3 is 9.64 Å². The highest BCUT2D eigenvalue weighted by Gasteiger charge is 2.27. The molecule has 1 aromatic rings. The predicted octanol–water partition coefficient (Wildman–Crippen LogP) is 1.13. The Hall–Kier alpha value is -1.51. The molecule has 0 spiro atoms. The van der Waals surface area contributed by atoms with E-state index in [1.165, 1.54) is 18.2 Å². The van der Waals surface area contributed by atoms with Crippen LogP contribution in [0.15, 0.2) is 24.3 Å². The number of halogens is 1. The Morgan fingerprint density at radius 3 is 2.83 bits per heavy atom. The Bertz CT molecular complexity index is 678. The fraction of sp³-hybridized carbons (Fsp3) is 0.562. The lowest BCUT2D eigenvalue weighted by molar-refractivity contribution is -0.149. The number of rotatable bonds is 7. The second kappa shape index (κ2) is 8.04. The average Bonchev–Trinajstić information content (AvgIpc) is 2.47. The molecule has 1 N–H and O–H groups in total. The van der Waals surface area contributed by atoms with Crippen molar-refractivity contribution in [2.45, 2.75) is 25.7 Å². The van der Waals surface area contributed by atoms with Crippen LogP contribution >= 0.6 is 0 Å². The van der Waals surface area contributed by atoms with Crippen molar-refractivity contribution in [1.29, 1.82) is 0 Å². The van der Waals surface area contributed by atoms with Gasteiger partial charge in [-0.25, -0.2) is 17.5 Å². The van der Waals surface area contributed by atoms with Gasteiger partial charge in [0.1, 0.15) is 12.4 Å². The Morgan fingerprint density at radius 1 is 1.42 bits per heavy atom. The van der Waals surface area contributed by atoms with Crippen LogP contribution in [0.3, 0.4) is 0 Å². The summed E-state index contributed by atoms with van der Waals surface area (Å²) in [7, 11) is -3.60. The molecule has 1 aliphatic heterocycles. The number of hydrogen-bond donors (Lipinski definition) is 1. The highest BCUT2D eigenvalue weighted by atomic mass is 32.2. The topological polar surface area (TPSA) is 75.7 Å². The number of carbonyl (C=O) groups excluding carboxylic acids is 1. The molecule has 1 aromatic carbocycles. The highest BCUT2D eigenvalue weighted by molar-refractivity contribution is 7.88. The Labute approximate surface area is 142 Å². The molecular weight excluding hydrogens is 335 g/mol. The quantitative estimate of drug-likeness (QED) is 0.793. The SMILES string of the molecule is CC(C)CN1CC(CNS(=O)(=O)Cc2cccc(F)c2)OCC1=O. The van der Waals surface area contributed by atoms with E-state index in [4.69, 9.17) is 4.74 Å². The van der Waals surface area contributed by atoms with E-state index in [0.717, 1.165) is 0 Å². The minimum atomic E-state index is -3.60. The van der Waals surface area contributed by atoms with Crippen LogP contribution in [0, 0.1) is 11.7 Å². The van der Waals surface area contributed by atoms with E-state index < -0.39 is 15.8 Å². The number of benzene rings is 1. The molecule has 1 unspecified atom stereocenters. The number of morpholine rings is 1. The normalized spacial score (nSPS) is 19.1. The van der Waals surface area contributed by atoms with Gasteiger partial charge in [0.2, 0.25) is 15.9 Å². The third-order valence-corrected chi connectivity index (χ3v) is 4.90. The summed E-state index contributed by atoms with van der Waals surface area (Å²) in [5.74, 6) is -0.521. The van der Waals surface area contributed by atoms with Gasteiger partial charge in [-0.1, -0.05) is 26.0 Å². The van der Waals surface area contributed by atoms with Gasteiger partial charge in [-0.2, -0.15) is 0 Å². The number of nitrogens with zero attached hydrogens (tertiary/aromatic N) is 1. The molecule has 0 aliphatic carbocycles. The summed E-state index contributed by atoms with van der Waals surface area (Å²) >= 11 is 0. The number of nitrogens with one attached hydrogen (secondary N) is 1. The third kappa shape index (κ3) is 5.85. The molecule has 134 valence electrons. The summed E-state index contributed by atoms with van der Waals surface area (Å²) in [6.45, 7) is 5.05. The molecule has 1 aliphatic rings. The maximum atomic E-state index is 13.1. The van der Waals surface area contributed by atoms with Crippen LogP contribution in [-0.4, -0.2) is 51.6 Å². The predicted molar refractivity (Wildman–Crippen MR) is 88.2 cm³/mol. The van der Waals surface area contributed by atoms with E-state index in [2.05, 4.69) is 4.72 Å². The Morgan fingerprint density at radius 2 is 2.17 bits per heavy atom. The lowest BCUT2D eigenvalue weighted by Crippen LogP contribution is -2.51. The molecule has 1 atom stereocenters. The van der Waals surface area contributed by atoms with Gasteiger partial charge in [0, 0.05) is 19.6 Å². The smallest absolute Gasteiger partial charge is 0.248 e. The molecule has 1 heterocycles. The van der Waals surface area contributed by atoms with Crippen LogP contribution in [0.4, 0.5) is 4.39 Å². The summed E-state index contributed by atoms with van der Waals surface area (Å²) in [5.41, 5.74) is 0.378. The molecule has 0 saturated carbocycles. The van der Waals surface area contributed by atoms with Crippen LogP contribution in [0.25, 0.3) is 0 Å². The molecule has 1 saturated heterocycles. The van der Waals surface area contributed by atoms with Gasteiger partial charge in [-0.05, 0) is 23.6 Å². The van der Waals surface area contributed by atoms with Gasteiger partial charge >= 0.3 is 0 Å². The monoisotopic (exact) mass is 358 g/mol. The molecule has 2 rings (SSSR count). The number of carbonyl (C=O) groups is 1. The molecule has 1 amide bonds. The Balaban J connectivity index is 1.88. The van der Waals surface area contributed by atoms with Crippen molar-refractivity contribution in [3.63, 3.8) is 0 Å². The zero-order valence-electron chi connectivity index (χ0n) is 13.9. The summed E-state index contributed by atoms with van der Waals surface area (Å²) in [5, 5.41) is 0. The molecule has 24 heavy (non-hydrogen) atoms. The zero-order chi connectivity index (χ0) is 17.7. The minimum Gasteiger partial charge on any atom is -0.365 e. The number of amides is 1. The summed E-state index contributed by atoms with van der Waals surface area (Å²) < 4.78 is 45.2. The standard InChI is InChI=1S/C16H23FN2O4S/c1-12(2)8-19-9-15(23-10-16(19)20)7-18-24(21,22)11-13-4-3-5-14(17)6-13/h3-6,12,15,18H,7-11H2,1-2H3. The van der Waals surface area contributed by atoms with Gasteiger partial charge in [-0.3, -0.25) is 4.79 Å². The lowest BCUT2D eigenvalue weighted by Gasteiger charge is -2.33. The molecule has 0 radical (unpaired) electrons. The first-order valence-electron chi connectivity index (χ1n) is 7.86. The van der Waals surface area contributed by atoms with Crippen LogP contribution in [0.2, 0.25) is 0 Å². The largest absolute Gasteiger partial charge is 0.365 e. The molecular formula is C16H23FN2O4S. The van der Waals surface area contributed by atoms with Crippen molar-refractivity contribution >= 4 is 15.9 Å². The molecule has 0 aromatic heterocycles. The maximum Gasteiger partial charge on any atom is 0.248 e. The highest BCUT2D eigenvalue weighted by Crippen LogP contribution is 2.11. The van der Waals surface area contributed by atoms with Crippen molar-refractivity contribution in [3.05, 3.63) is 35.6 Å². The van der Waals surface area contributed by atoms with Gasteiger partial charge in [0.25, 0.3) is 0 Å². The number of hydrogen-bond acceptors (Lipinski definition) is 4. The summed E-state index contributed by atoms with van der Waals surface area (Å²) in [6, 6.07) is 5.49. The second-order valence-corrected chi connectivity index (χ2v) is 8.17. The molecule has 0 bridgehead atoms. The van der Waals surface area contributed by atoms with Crippen molar-refractivity contribution < 1.29 is 22.3 Å². The summed E-state index contributed by atoms with van der Waals surface area (Å²) in [4.78, 5) is 13.5. The lowest BCUT2D eigenvalue weighted by atomic mass is 10.2. The second-order valence-electron chi connectivity index (χ2n) is 6.36. The number of ether oxygens (including phenoxy) is 1. The first-order valence-corrected chi connectivity index (χ1v) is 9.51. The third-order valence-electron chi connectivity index (χ3n) is 3.58. The molecule has 6 nitrogen and oxygen atoms in total. The molecule has 1 fully saturated rings. The van der Waals surface area contributed by atoms with Crippen LogP contribution in [0.5, 0.6) is 0 Å². The van der Waals surface area contributed by atoms with Gasteiger partial charge in [0.05, 0.1) is 11.9 Å². The van der Waals surface area contributed by atoms with E-state index in [1.54, 1.807) is 11.0 Å². The number of sulfonamides is 1.